The third-order valence-electron chi connectivity index (χ3n) is 6.06. The van der Waals surface area contributed by atoms with E-state index >= 15 is 0 Å². The topological polar surface area (TPSA) is 239 Å². The number of aliphatic hydroxyl groups excluding tert-OH is 1. The minimum atomic E-state index is -4.71. The molecule has 7 N–H and O–H groups in total. The number of halogens is 2. The highest BCUT2D eigenvalue weighted by Gasteiger charge is 2.17. The van der Waals surface area contributed by atoms with Crippen LogP contribution < -0.4 is 21.3 Å². The molecule has 0 saturated carbocycles. The molecular weight excluding hydrogens is 723 g/mol. The second-order valence-corrected chi connectivity index (χ2v) is 12.2. The van der Waals surface area contributed by atoms with E-state index in [9.17, 15) is 13.0 Å². The van der Waals surface area contributed by atoms with Gasteiger partial charge in [-0.2, -0.15) is 38.3 Å². The molecule has 0 unspecified atom stereocenters. The van der Waals surface area contributed by atoms with Crippen molar-refractivity contribution in [1.29, 1.82) is 0 Å². The van der Waals surface area contributed by atoms with Crippen LogP contribution in [-0.2, 0) is 19.5 Å². The van der Waals surface area contributed by atoms with E-state index in [2.05, 4.69) is 60.5 Å². The van der Waals surface area contributed by atoms with Crippen molar-refractivity contribution >= 4 is 98.4 Å². The molecule has 0 radical (unpaired) electrons. The molecule has 0 aliphatic heterocycles. The Hall–Kier alpha value is -4.70. The van der Waals surface area contributed by atoms with Crippen molar-refractivity contribution in [1.82, 2.24) is 29.9 Å². The van der Waals surface area contributed by atoms with Gasteiger partial charge in [0.15, 0.2) is 0 Å². The molecule has 49 heavy (non-hydrogen) atoms. The summed E-state index contributed by atoms with van der Waals surface area (Å²) in [6.07, 6.45) is 3.00. The van der Waals surface area contributed by atoms with Crippen molar-refractivity contribution in [3.63, 3.8) is 0 Å². The lowest BCUT2D eigenvalue weighted by molar-refractivity contribution is -0.432. The fourth-order valence-corrected chi connectivity index (χ4v) is 5.59. The van der Waals surface area contributed by atoms with E-state index in [1.54, 1.807) is 24.3 Å². The molecular formula is C28H24Cl2N10O7S2. The van der Waals surface area contributed by atoms with Crippen molar-refractivity contribution in [2.45, 2.75) is 9.79 Å². The summed E-state index contributed by atoms with van der Waals surface area (Å²) in [6, 6.07) is 18.3. The molecule has 0 atom stereocenters. The van der Waals surface area contributed by atoms with Gasteiger partial charge >= 0.3 is 0 Å². The second kappa shape index (κ2) is 16.6. The molecule has 21 heteroatoms. The SMILES string of the molecule is O=S(=O)(O)c1cc(Nc2nc(Cl)nc(NCCO)n2)ccc1/C=C/c1ccc(Nc2nc(Cl)nc(Nc3ccccc3)n2)cc1SOOO. The molecule has 5 rings (SSSR count). The van der Waals surface area contributed by atoms with Gasteiger partial charge in [-0.15, -0.1) is 4.33 Å². The molecule has 254 valence electrons. The van der Waals surface area contributed by atoms with Crippen LogP contribution in [0, 0.1) is 0 Å². The average Bonchev–Trinajstić information content (AvgIpc) is 3.06. The number of aliphatic hydroxyl groups is 1. The van der Waals surface area contributed by atoms with Gasteiger partial charge in [-0.3, -0.25) is 4.55 Å². The summed E-state index contributed by atoms with van der Waals surface area (Å²) in [7, 11) is -4.71. The van der Waals surface area contributed by atoms with Gasteiger partial charge in [-0.05, 0) is 70.7 Å². The maximum Gasteiger partial charge on any atom is 0.295 e. The van der Waals surface area contributed by atoms with Crippen LogP contribution in [0.1, 0.15) is 11.1 Å². The zero-order valence-electron chi connectivity index (χ0n) is 24.7. The molecule has 0 aliphatic carbocycles. The van der Waals surface area contributed by atoms with Crippen molar-refractivity contribution in [2.24, 2.45) is 0 Å². The summed E-state index contributed by atoms with van der Waals surface area (Å²) >= 11 is 12.7. The third kappa shape index (κ3) is 10.4. The number of anilines is 7. The number of nitrogens with zero attached hydrogens (tertiary/aromatic N) is 6. The largest absolute Gasteiger partial charge is 0.395 e. The standard InChI is InChI=1S/C28H24Cl2N10O7S2/c29-23-35-25(31-12-13-41)39-27(36-23)34-20-11-9-17(22(15-20)49(43,44)45)7-6-16-8-10-19(14-21(16)48-47-46-42)33-28-38-24(30)37-26(40-28)32-18-4-2-1-3-5-18/h1-11,14-15,41-42H,12-13H2,(H,43,44,45)(H2,31,34,35,36,39)(H2,32,33,37,38,40)/b7-6+. The van der Waals surface area contributed by atoms with Crippen LogP contribution in [0.15, 0.2) is 76.5 Å². The van der Waals surface area contributed by atoms with E-state index < -0.39 is 15.0 Å². The Labute approximate surface area is 292 Å². The van der Waals surface area contributed by atoms with Crippen LogP contribution in [0.4, 0.5) is 40.9 Å². The van der Waals surface area contributed by atoms with Crippen molar-refractivity contribution in [2.75, 3.05) is 34.4 Å². The van der Waals surface area contributed by atoms with E-state index in [1.165, 1.54) is 24.3 Å². The van der Waals surface area contributed by atoms with Crippen LogP contribution in [-0.4, -0.2) is 66.4 Å². The normalized spacial score (nSPS) is 11.4. The van der Waals surface area contributed by atoms with E-state index in [0.29, 0.717) is 28.2 Å². The Kier molecular flexibility index (Phi) is 12.1. The molecule has 5 aromatic rings. The second-order valence-electron chi connectivity index (χ2n) is 9.43. The Morgan fingerprint density at radius 3 is 1.90 bits per heavy atom. The number of para-hydroxylation sites is 1. The first kappa shape index (κ1) is 35.6. The average molecular weight is 748 g/mol. The van der Waals surface area contributed by atoms with Crippen LogP contribution in [0.3, 0.4) is 0 Å². The van der Waals surface area contributed by atoms with Crippen molar-refractivity contribution < 1.29 is 32.7 Å². The minimum absolute atomic E-state index is 0.0189. The van der Waals surface area contributed by atoms with Gasteiger partial charge in [0.1, 0.15) is 4.90 Å². The highest BCUT2D eigenvalue weighted by Crippen LogP contribution is 2.31. The third-order valence-corrected chi connectivity index (χ3v) is 7.96. The lowest BCUT2D eigenvalue weighted by atomic mass is 10.1. The number of rotatable bonds is 15. The van der Waals surface area contributed by atoms with E-state index in [-0.39, 0.29) is 58.8 Å². The predicted molar refractivity (Wildman–Crippen MR) is 184 cm³/mol. The molecule has 17 nitrogen and oxygen atoms in total. The van der Waals surface area contributed by atoms with Crippen LogP contribution in [0.5, 0.6) is 0 Å². The molecule has 2 aromatic heterocycles. The highest BCUT2D eigenvalue weighted by atomic mass is 35.5. The van der Waals surface area contributed by atoms with E-state index in [4.69, 9.17) is 33.6 Å². The predicted octanol–water partition coefficient (Wildman–Crippen LogP) is 5.84. The smallest absolute Gasteiger partial charge is 0.295 e. The number of hydrogen-bond acceptors (Lipinski definition) is 17. The van der Waals surface area contributed by atoms with Crippen molar-refractivity contribution in [3.05, 3.63) is 88.4 Å². The lowest BCUT2D eigenvalue weighted by Gasteiger charge is -2.11. The number of hydrogen-bond donors (Lipinski definition) is 7. The Balaban J connectivity index is 1.39. The Morgan fingerprint density at radius 1 is 0.735 bits per heavy atom. The van der Waals surface area contributed by atoms with Gasteiger partial charge in [0.25, 0.3) is 10.1 Å². The summed E-state index contributed by atoms with van der Waals surface area (Å²) in [5.74, 6) is 0.390. The first-order valence-electron chi connectivity index (χ1n) is 13.7. The van der Waals surface area contributed by atoms with Gasteiger partial charge in [0.05, 0.1) is 18.6 Å². The molecule has 0 amide bonds. The summed E-state index contributed by atoms with van der Waals surface area (Å²) in [4.78, 5) is 24.5. The summed E-state index contributed by atoms with van der Waals surface area (Å²) in [6.45, 7) is -0.0134. The van der Waals surface area contributed by atoms with Crippen LogP contribution in [0.2, 0.25) is 10.6 Å². The van der Waals surface area contributed by atoms with Gasteiger partial charge in [0, 0.05) is 28.5 Å². The molecule has 0 aliphatic rings. The number of aromatic nitrogens is 6. The van der Waals surface area contributed by atoms with Crippen molar-refractivity contribution in [3.8, 4) is 0 Å². The van der Waals surface area contributed by atoms with Gasteiger partial charge in [-0.25, -0.2) is 5.26 Å². The lowest BCUT2D eigenvalue weighted by Crippen LogP contribution is -2.11. The minimum Gasteiger partial charge on any atom is -0.395 e. The first-order chi connectivity index (χ1) is 23.6. The fourth-order valence-electron chi connectivity index (χ4n) is 4.05. The fraction of sp³-hybridized carbons (Fsp3) is 0.0714. The zero-order chi connectivity index (χ0) is 34.8. The summed E-state index contributed by atoms with van der Waals surface area (Å²) < 4.78 is 39.4. The molecule has 0 saturated heterocycles. The van der Waals surface area contributed by atoms with Gasteiger partial charge in [-0.1, -0.05) is 47.5 Å². The zero-order valence-corrected chi connectivity index (χ0v) is 27.8. The monoisotopic (exact) mass is 746 g/mol. The van der Waals surface area contributed by atoms with E-state index in [0.717, 1.165) is 5.69 Å². The maximum absolute atomic E-state index is 12.4. The Bertz CT molecular complexity index is 2070. The molecule has 0 fully saturated rings. The maximum atomic E-state index is 12.4. The van der Waals surface area contributed by atoms with E-state index in [1.807, 2.05) is 30.3 Å². The number of benzene rings is 3. The Morgan fingerprint density at radius 2 is 1.29 bits per heavy atom. The quantitative estimate of drug-likeness (QED) is 0.0219. The first-order valence-corrected chi connectivity index (χ1v) is 16.7. The summed E-state index contributed by atoms with van der Waals surface area (Å²) in [5, 5.41) is 33.0. The van der Waals surface area contributed by atoms with Crippen LogP contribution >= 0.6 is 35.2 Å². The van der Waals surface area contributed by atoms with Gasteiger partial charge in [0.2, 0.25) is 34.4 Å². The molecule has 2 heterocycles. The molecule has 0 spiro atoms. The highest BCUT2D eigenvalue weighted by molar-refractivity contribution is 7.94. The van der Waals surface area contributed by atoms with Crippen LogP contribution in [0.25, 0.3) is 12.2 Å². The summed E-state index contributed by atoms with van der Waals surface area (Å²) in [5.41, 5.74) is 2.06. The number of nitrogens with one attached hydrogen (secondary N) is 4. The molecule has 0 bridgehead atoms. The molecule has 3 aromatic carbocycles. The van der Waals surface area contributed by atoms with Gasteiger partial charge < -0.3 is 26.4 Å².